The van der Waals surface area contributed by atoms with Gasteiger partial charge < -0.3 is 20.1 Å². The van der Waals surface area contributed by atoms with Gasteiger partial charge in [-0.15, -0.1) is 0 Å². The molecule has 0 saturated carbocycles. The third kappa shape index (κ3) is 10.3. The predicted octanol–water partition coefficient (Wildman–Crippen LogP) is 1.55. The number of carbonyl (C=O) groups excluding carboxylic acids is 1. The molecule has 0 heterocycles. The quantitative estimate of drug-likeness (QED) is 0.668. The van der Waals surface area contributed by atoms with Crippen LogP contribution in [0.1, 0.15) is 33.6 Å². The molecule has 112 valence electrons. The Kier molecular flexibility index (Phi) is 8.95. The molecule has 0 aliphatic carbocycles. The molecule has 0 radical (unpaired) electrons. The second kappa shape index (κ2) is 9.61. The van der Waals surface area contributed by atoms with E-state index in [0.29, 0.717) is 26.1 Å². The number of nitrogens with one attached hydrogen (secondary N) is 1. The average Bonchev–Trinajstić information content (AvgIpc) is 2.32. The summed E-state index contributed by atoms with van der Waals surface area (Å²) in [6, 6.07) is -0.158. The van der Waals surface area contributed by atoms with E-state index in [2.05, 4.69) is 5.32 Å². The van der Waals surface area contributed by atoms with Crippen LogP contribution in [0.4, 0.5) is 4.79 Å². The van der Waals surface area contributed by atoms with Crippen LogP contribution in [0.5, 0.6) is 0 Å². The number of hydrogen-bond acceptors (Lipinski definition) is 3. The van der Waals surface area contributed by atoms with Crippen molar-refractivity contribution in [3.05, 3.63) is 0 Å². The Morgan fingerprint density at radius 2 is 1.95 bits per heavy atom. The molecule has 1 atom stereocenters. The third-order valence-corrected chi connectivity index (χ3v) is 2.68. The minimum Gasteiger partial charge on any atom is -0.481 e. The highest BCUT2D eigenvalue weighted by Crippen LogP contribution is 2.04. The minimum absolute atomic E-state index is 0.134. The zero-order chi connectivity index (χ0) is 14.8. The van der Waals surface area contributed by atoms with Crippen molar-refractivity contribution < 1.29 is 19.4 Å². The molecule has 0 aromatic rings. The van der Waals surface area contributed by atoms with Gasteiger partial charge in [-0.05, 0) is 26.2 Å². The zero-order valence-corrected chi connectivity index (χ0v) is 12.3. The first-order valence-corrected chi connectivity index (χ1v) is 6.65. The lowest BCUT2D eigenvalue weighted by molar-refractivity contribution is -0.137. The largest absolute Gasteiger partial charge is 0.481 e. The Balaban J connectivity index is 3.74. The van der Waals surface area contributed by atoms with Crippen LogP contribution in [-0.4, -0.2) is 54.9 Å². The number of likely N-dealkylation sites (N-methyl/N-ethyl adjacent to an activating group) is 1. The van der Waals surface area contributed by atoms with Gasteiger partial charge in [-0.25, -0.2) is 4.79 Å². The SMILES string of the molecule is CC(CCC(=O)O)CNC(=O)N(C)CCOC(C)C. The van der Waals surface area contributed by atoms with Gasteiger partial charge in [0.2, 0.25) is 0 Å². The number of carboxylic acids is 1. The molecule has 0 bridgehead atoms. The van der Waals surface area contributed by atoms with Gasteiger partial charge in [0, 0.05) is 26.6 Å². The molecule has 0 rings (SSSR count). The molecule has 2 amide bonds. The maximum Gasteiger partial charge on any atom is 0.317 e. The number of amides is 2. The van der Waals surface area contributed by atoms with Crippen molar-refractivity contribution in [2.45, 2.75) is 39.7 Å². The standard InChI is InChI=1S/C13H26N2O4/c1-10(2)19-8-7-15(4)13(18)14-9-11(3)5-6-12(16)17/h10-11H,5-9H2,1-4H3,(H,14,18)(H,16,17). The van der Waals surface area contributed by atoms with Crippen molar-refractivity contribution in [3.63, 3.8) is 0 Å². The molecular formula is C13H26N2O4. The number of nitrogens with zero attached hydrogens (tertiary/aromatic N) is 1. The van der Waals surface area contributed by atoms with Gasteiger partial charge in [0.15, 0.2) is 0 Å². The predicted molar refractivity (Wildman–Crippen MR) is 73.2 cm³/mol. The van der Waals surface area contributed by atoms with Crippen LogP contribution >= 0.6 is 0 Å². The first kappa shape index (κ1) is 17.7. The summed E-state index contributed by atoms with van der Waals surface area (Å²) >= 11 is 0. The Labute approximate surface area is 115 Å². The number of hydrogen-bond donors (Lipinski definition) is 2. The summed E-state index contributed by atoms with van der Waals surface area (Å²) in [5, 5.41) is 11.3. The van der Waals surface area contributed by atoms with Crippen LogP contribution in [0.2, 0.25) is 0 Å². The van der Waals surface area contributed by atoms with Crippen molar-refractivity contribution >= 4 is 12.0 Å². The second-order valence-corrected chi connectivity index (χ2v) is 5.06. The average molecular weight is 274 g/mol. The molecule has 0 aromatic carbocycles. The van der Waals surface area contributed by atoms with E-state index in [0.717, 1.165) is 0 Å². The van der Waals surface area contributed by atoms with Crippen molar-refractivity contribution in [3.8, 4) is 0 Å². The van der Waals surface area contributed by atoms with Gasteiger partial charge in [-0.3, -0.25) is 4.79 Å². The lowest BCUT2D eigenvalue weighted by Crippen LogP contribution is -2.41. The van der Waals surface area contributed by atoms with Gasteiger partial charge >= 0.3 is 12.0 Å². The summed E-state index contributed by atoms with van der Waals surface area (Å²) in [6.07, 6.45) is 0.859. The lowest BCUT2D eigenvalue weighted by atomic mass is 10.1. The normalized spacial score (nSPS) is 12.3. The van der Waals surface area contributed by atoms with Crippen molar-refractivity contribution in [1.82, 2.24) is 10.2 Å². The molecule has 0 saturated heterocycles. The van der Waals surface area contributed by atoms with Crippen LogP contribution in [-0.2, 0) is 9.53 Å². The van der Waals surface area contributed by atoms with Gasteiger partial charge in [0.05, 0.1) is 12.7 Å². The van der Waals surface area contributed by atoms with E-state index in [-0.39, 0.29) is 24.5 Å². The highest BCUT2D eigenvalue weighted by Gasteiger charge is 2.11. The van der Waals surface area contributed by atoms with E-state index in [4.69, 9.17) is 9.84 Å². The van der Waals surface area contributed by atoms with E-state index >= 15 is 0 Å². The van der Waals surface area contributed by atoms with Crippen LogP contribution in [0.25, 0.3) is 0 Å². The number of carboxylic acid groups (broad SMARTS) is 1. The molecule has 2 N–H and O–H groups in total. The van der Waals surface area contributed by atoms with Crippen molar-refractivity contribution in [2.24, 2.45) is 5.92 Å². The summed E-state index contributed by atoms with van der Waals surface area (Å²) < 4.78 is 5.37. The summed E-state index contributed by atoms with van der Waals surface area (Å²) in [7, 11) is 1.71. The molecule has 0 aromatic heterocycles. The lowest BCUT2D eigenvalue weighted by Gasteiger charge is -2.20. The van der Waals surface area contributed by atoms with Gasteiger partial charge in [-0.1, -0.05) is 6.92 Å². The molecular weight excluding hydrogens is 248 g/mol. The van der Waals surface area contributed by atoms with Crippen LogP contribution in [0, 0.1) is 5.92 Å². The molecule has 0 fully saturated rings. The highest BCUT2D eigenvalue weighted by atomic mass is 16.5. The third-order valence-electron chi connectivity index (χ3n) is 2.68. The molecule has 6 heteroatoms. The second-order valence-electron chi connectivity index (χ2n) is 5.06. The summed E-state index contributed by atoms with van der Waals surface area (Å²) in [6.45, 7) is 7.35. The monoisotopic (exact) mass is 274 g/mol. The topological polar surface area (TPSA) is 78.9 Å². The number of carbonyl (C=O) groups is 2. The van der Waals surface area contributed by atoms with Crippen LogP contribution in [0.15, 0.2) is 0 Å². The Bertz CT molecular complexity index is 282. The maximum atomic E-state index is 11.7. The van der Waals surface area contributed by atoms with Crippen molar-refractivity contribution in [2.75, 3.05) is 26.7 Å². The van der Waals surface area contributed by atoms with Gasteiger partial charge in [-0.2, -0.15) is 0 Å². The van der Waals surface area contributed by atoms with Gasteiger partial charge in [0.25, 0.3) is 0 Å². The molecule has 1 unspecified atom stereocenters. The van der Waals surface area contributed by atoms with E-state index in [1.54, 1.807) is 11.9 Å². The first-order valence-electron chi connectivity index (χ1n) is 6.65. The van der Waals surface area contributed by atoms with Crippen molar-refractivity contribution in [1.29, 1.82) is 0 Å². The van der Waals surface area contributed by atoms with E-state index in [9.17, 15) is 9.59 Å². The summed E-state index contributed by atoms with van der Waals surface area (Å²) in [5.41, 5.74) is 0. The molecule has 0 spiro atoms. The summed E-state index contributed by atoms with van der Waals surface area (Å²) in [4.78, 5) is 23.7. The Morgan fingerprint density at radius 3 is 2.47 bits per heavy atom. The number of rotatable bonds is 9. The van der Waals surface area contributed by atoms with E-state index in [1.807, 2.05) is 20.8 Å². The van der Waals surface area contributed by atoms with Gasteiger partial charge in [0.1, 0.15) is 0 Å². The fourth-order valence-electron chi connectivity index (χ4n) is 1.40. The number of urea groups is 1. The maximum absolute atomic E-state index is 11.7. The summed E-state index contributed by atoms with van der Waals surface area (Å²) in [5.74, 6) is -0.651. The number of ether oxygens (including phenoxy) is 1. The first-order chi connectivity index (χ1) is 8.82. The van der Waals surface area contributed by atoms with E-state index < -0.39 is 5.97 Å². The molecule has 6 nitrogen and oxygen atoms in total. The Hall–Kier alpha value is -1.30. The van der Waals surface area contributed by atoms with Crippen LogP contribution < -0.4 is 5.32 Å². The molecule has 0 aliphatic rings. The number of aliphatic carboxylic acids is 1. The zero-order valence-electron chi connectivity index (χ0n) is 12.3. The van der Waals surface area contributed by atoms with E-state index in [1.165, 1.54) is 0 Å². The smallest absolute Gasteiger partial charge is 0.317 e. The highest BCUT2D eigenvalue weighted by molar-refractivity contribution is 5.73. The fraction of sp³-hybridized carbons (Fsp3) is 0.846. The van der Waals surface area contributed by atoms with Crippen LogP contribution in [0.3, 0.4) is 0 Å². The molecule has 19 heavy (non-hydrogen) atoms. The minimum atomic E-state index is -0.805. The fourth-order valence-corrected chi connectivity index (χ4v) is 1.40. The Morgan fingerprint density at radius 1 is 1.32 bits per heavy atom. The molecule has 0 aliphatic heterocycles.